The Morgan fingerprint density at radius 3 is 2.83 bits per heavy atom. The monoisotopic (exact) mass is 255 g/mol. The van der Waals surface area contributed by atoms with E-state index in [1.54, 1.807) is 0 Å². The molecule has 0 bridgehead atoms. The summed E-state index contributed by atoms with van der Waals surface area (Å²) in [5.74, 6) is 1.46. The quantitative estimate of drug-likeness (QED) is 0.745. The molecule has 0 aliphatic carbocycles. The van der Waals surface area contributed by atoms with Crippen molar-refractivity contribution in [3.63, 3.8) is 0 Å². The summed E-state index contributed by atoms with van der Waals surface area (Å²) in [5, 5.41) is 9.77. The van der Waals surface area contributed by atoms with E-state index >= 15 is 0 Å². The molecule has 1 unspecified atom stereocenters. The first-order chi connectivity index (χ1) is 8.51. The molecule has 1 aromatic rings. The maximum Gasteiger partial charge on any atom is 0.305 e. The van der Waals surface area contributed by atoms with Gasteiger partial charge in [0.1, 0.15) is 11.5 Å². The third-order valence-electron chi connectivity index (χ3n) is 2.65. The third-order valence-corrected chi connectivity index (χ3v) is 2.65. The van der Waals surface area contributed by atoms with Gasteiger partial charge in [0, 0.05) is 13.0 Å². The zero-order chi connectivity index (χ0) is 13.5. The van der Waals surface area contributed by atoms with Crippen molar-refractivity contribution < 1.29 is 19.1 Å². The summed E-state index contributed by atoms with van der Waals surface area (Å²) < 4.78 is 9.98. The van der Waals surface area contributed by atoms with Crippen molar-refractivity contribution in [2.24, 2.45) is 0 Å². The first kappa shape index (κ1) is 14.7. The average Bonchev–Trinajstić information content (AvgIpc) is 2.71. The van der Waals surface area contributed by atoms with E-state index in [1.807, 2.05) is 31.0 Å². The number of carbonyl (C=O) groups excluding carboxylic acids is 1. The standard InChI is InChI=1S/C13H21NO4/c1-10-4-6-12(18-10)9-14(2)8-11(15)5-7-13(16)17-3/h4,6,11,15H,5,7-9H2,1-3H3. The van der Waals surface area contributed by atoms with Gasteiger partial charge in [0.15, 0.2) is 0 Å². The zero-order valence-electron chi connectivity index (χ0n) is 11.2. The molecule has 1 atom stereocenters. The Kier molecular flexibility index (Phi) is 5.88. The first-order valence-electron chi connectivity index (χ1n) is 6.00. The Labute approximate surface area is 107 Å². The van der Waals surface area contributed by atoms with E-state index in [1.165, 1.54) is 7.11 Å². The number of ether oxygens (including phenoxy) is 1. The largest absolute Gasteiger partial charge is 0.469 e. The van der Waals surface area contributed by atoms with E-state index < -0.39 is 6.10 Å². The first-order valence-corrected chi connectivity index (χ1v) is 6.00. The van der Waals surface area contributed by atoms with Gasteiger partial charge in [-0.1, -0.05) is 0 Å². The topological polar surface area (TPSA) is 62.9 Å². The van der Waals surface area contributed by atoms with Crippen molar-refractivity contribution in [3.8, 4) is 0 Å². The molecular formula is C13H21NO4. The van der Waals surface area contributed by atoms with E-state index in [0.717, 1.165) is 11.5 Å². The molecule has 1 aromatic heterocycles. The number of aryl methyl sites for hydroxylation is 1. The predicted octanol–water partition coefficient (Wildman–Crippen LogP) is 1.33. The van der Waals surface area contributed by atoms with Crippen LogP contribution in [-0.2, 0) is 16.1 Å². The molecule has 5 nitrogen and oxygen atoms in total. The van der Waals surface area contributed by atoms with Crippen molar-refractivity contribution in [2.75, 3.05) is 20.7 Å². The highest BCUT2D eigenvalue weighted by Gasteiger charge is 2.12. The van der Waals surface area contributed by atoms with E-state index in [4.69, 9.17) is 4.42 Å². The molecule has 5 heteroatoms. The summed E-state index contributed by atoms with van der Waals surface area (Å²) in [5.41, 5.74) is 0. The molecule has 0 fully saturated rings. The van der Waals surface area contributed by atoms with E-state index in [-0.39, 0.29) is 12.4 Å². The maximum absolute atomic E-state index is 10.9. The van der Waals surface area contributed by atoms with Gasteiger partial charge in [0.2, 0.25) is 0 Å². The molecule has 0 radical (unpaired) electrons. The minimum atomic E-state index is -0.537. The van der Waals surface area contributed by atoms with Crippen LogP contribution in [0.15, 0.2) is 16.5 Å². The minimum Gasteiger partial charge on any atom is -0.469 e. The van der Waals surface area contributed by atoms with Crippen LogP contribution in [0.4, 0.5) is 0 Å². The van der Waals surface area contributed by atoms with Crippen LogP contribution >= 0.6 is 0 Å². The highest BCUT2D eigenvalue weighted by molar-refractivity contribution is 5.69. The molecule has 0 aliphatic heterocycles. The fourth-order valence-corrected chi connectivity index (χ4v) is 1.74. The van der Waals surface area contributed by atoms with Gasteiger partial charge in [0.05, 0.1) is 19.8 Å². The number of likely N-dealkylation sites (N-methyl/N-ethyl adjacent to an activating group) is 1. The van der Waals surface area contributed by atoms with Crippen LogP contribution in [0.5, 0.6) is 0 Å². The van der Waals surface area contributed by atoms with Gasteiger partial charge < -0.3 is 14.3 Å². The molecule has 0 aromatic carbocycles. The summed E-state index contributed by atoms with van der Waals surface area (Å²) in [6.45, 7) is 3.04. The Bertz CT molecular complexity index is 375. The highest BCUT2D eigenvalue weighted by Crippen LogP contribution is 2.09. The molecule has 1 heterocycles. The summed E-state index contributed by atoms with van der Waals surface area (Å²) in [6.07, 6.45) is 0.115. The fraction of sp³-hybridized carbons (Fsp3) is 0.615. The number of nitrogens with zero attached hydrogens (tertiary/aromatic N) is 1. The Balaban J connectivity index is 2.26. The van der Waals surface area contributed by atoms with Crippen LogP contribution in [-0.4, -0.2) is 42.8 Å². The molecule has 0 amide bonds. The number of aliphatic hydroxyl groups is 1. The molecule has 0 aliphatic rings. The normalized spacial score (nSPS) is 12.7. The van der Waals surface area contributed by atoms with Crippen LogP contribution in [0.2, 0.25) is 0 Å². The predicted molar refractivity (Wildman–Crippen MR) is 67.0 cm³/mol. The maximum atomic E-state index is 10.9. The van der Waals surface area contributed by atoms with E-state index in [0.29, 0.717) is 19.5 Å². The van der Waals surface area contributed by atoms with Crippen molar-refractivity contribution in [1.29, 1.82) is 0 Å². The fourth-order valence-electron chi connectivity index (χ4n) is 1.74. The summed E-state index contributed by atoms with van der Waals surface area (Å²) >= 11 is 0. The Morgan fingerprint density at radius 1 is 1.56 bits per heavy atom. The van der Waals surface area contributed by atoms with Gasteiger partial charge in [-0.2, -0.15) is 0 Å². The molecular weight excluding hydrogens is 234 g/mol. The molecule has 102 valence electrons. The molecule has 1 rings (SSSR count). The van der Waals surface area contributed by atoms with Gasteiger partial charge in [0.25, 0.3) is 0 Å². The van der Waals surface area contributed by atoms with Gasteiger partial charge in [-0.3, -0.25) is 9.69 Å². The zero-order valence-corrected chi connectivity index (χ0v) is 11.2. The van der Waals surface area contributed by atoms with Gasteiger partial charge in [-0.15, -0.1) is 0 Å². The molecule has 0 spiro atoms. The van der Waals surface area contributed by atoms with Crippen LogP contribution in [0, 0.1) is 6.92 Å². The van der Waals surface area contributed by atoms with Crippen LogP contribution in [0.1, 0.15) is 24.4 Å². The second-order valence-corrected chi connectivity index (χ2v) is 4.48. The second-order valence-electron chi connectivity index (χ2n) is 4.48. The number of furan rings is 1. The van der Waals surface area contributed by atoms with Gasteiger partial charge >= 0.3 is 5.97 Å². The number of hydrogen-bond donors (Lipinski definition) is 1. The average molecular weight is 255 g/mol. The smallest absolute Gasteiger partial charge is 0.305 e. The molecule has 18 heavy (non-hydrogen) atoms. The lowest BCUT2D eigenvalue weighted by Crippen LogP contribution is -2.29. The molecule has 0 saturated heterocycles. The summed E-state index contributed by atoms with van der Waals surface area (Å²) in [7, 11) is 3.25. The second kappa shape index (κ2) is 7.18. The summed E-state index contributed by atoms with van der Waals surface area (Å²) in [4.78, 5) is 12.9. The van der Waals surface area contributed by atoms with Crippen LogP contribution in [0.25, 0.3) is 0 Å². The van der Waals surface area contributed by atoms with Crippen molar-refractivity contribution in [3.05, 3.63) is 23.7 Å². The van der Waals surface area contributed by atoms with Crippen molar-refractivity contribution in [2.45, 2.75) is 32.4 Å². The van der Waals surface area contributed by atoms with Crippen LogP contribution in [0.3, 0.4) is 0 Å². The Hall–Kier alpha value is -1.33. The highest BCUT2D eigenvalue weighted by atomic mass is 16.5. The van der Waals surface area contributed by atoms with E-state index in [9.17, 15) is 9.90 Å². The lowest BCUT2D eigenvalue weighted by atomic mass is 10.2. The van der Waals surface area contributed by atoms with Gasteiger partial charge in [-0.25, -0.2) is 0 Å². The SMILES string of the molecule is COC(=O)CCC(O)CN(C)Cc1ccc(C)o1. The number of aliphatic hydroxyl groups excluding tert-OH is 1. The number of esters is 1. The number of hydrogen-bond acceptors (Lipinski definition) is 5. The lowest BCUT2D eigenvalue weighted by Gasteiger charge is -2.19. The van der Waals surface area contributed by atoms with Crippen LogP contribution < -0.4 is 0 Å². The number of methoxy groups -OCH3 is 1. The Morgan fingerprint density at radius 2 is 2.28 bits per heavy atom. The third kappa shape index (κ3) is 5.33. The van der Waals surface area contributed by atoms with Crippen molar-refractivity contribution >= 4 is 5.97 Å². The number of carbonyl (C=O) groups is 1. The minimum absolute atomic E-state index is 0.241. The number of rotatable bonds is 7. The van der Waals surface area contributed by atoms with Gasteiger partial charge in [-0.05, 0) is 32.5 Å². The summed E-state index contributed by atoms with van der Waals surface area (Å²) in [6, 6.07) is 3.84. The van der Waals surface area contributed by atoms with E-state index in [2.05, 4.69) is 4.74 Å². The molecule has 0 saturated carbocycles. The lowest BCUT2D eigenvalue weighted by molar-refractivity contribution is -0.141. The molecule has 1 N–H and O–H groups in total. The van der Waals surface area contributed by atoms with Crippen molar-refractivity contribution in [1.82, 2.24) is 4.90 Å².